The number of rotatable bonds is 3. The van der Waals surface area contributed by atoms with E-state index in [1.54, 1.807) is 6.07 Å². The van der Waals surface area contributed by atoms with Gasteiger partial charge in [0.15, 0.2) is 5.65 Å². The molecule has 2 N–H and O–H groups in total. The standard InChI is InChI=1S/C10H11F3N4/c11-10(12,13)8-3-5-15-9-6-7(2-1-4-14)16-17(8)9/h3,5-6H,1-2,4,14H2. The maximum atomic E-state index is 12.7. The minimum atomic E-state index is -4.43. The quantitative estimate of drug-likeness (QED) is 0.892. The summed E-state index contributed by atoms with van der Waals surface area (Å²) in [5, 5.41) is 3.90. The third-order valence-electron chi connectivity index (χ3n) is 2.34. The van der Waals surface area contributed by atoms with Crippen LogP contribution in [0.4, 0.5) is 13.2 Å². The summed E-state index contributed by atoms with van der Waals surface area (Å²) in [5.74, 6) is 0. The van der Waals surface area contributed by atoms with Crippen LogP contribution in [0.1, 0.15) is 17.8 Å². The van der Waals surface area contributed by atoms with Crippen LogP contribution in [0.5, 0.6) is 0 Å². The van der Waals surface area contributed by atoms with Crippen molar-refractivity contribution in [2.75, 3.05) is 6.54 Å². The fraction of sp³-hybridized carbons (Fsp3) is 0.400. The van der Waals surface area contributed by atoms with Gasteiger partial charge in [0.1, 0.15) is 5.69 Å². The molecule has 0 aliphatic carbocycles. The molecule has 0 fully saturated rings. The number of halogens is 3. The Kier molecular flexibility index (Phi) is 3.01. The second-order valence-electron chi connectivity index (χ2n) is 3.63. The van der Waals surface area contributed by atoms with E-state index >= 15 is 0 Å². The van der Waals surface area contributed by atoms with Gasteiger partial charge in [0.05, 0.1) is 5.69 Å². The van der Waals surface area contributed by atoms with Gasteiger partial charge in [0.2, 0.25) is 0 Å². The zero-order valence-corrected chi connectivity index (χ0v) is 8.91. The highest BCUT2D eigenvalue weighted by Crippen LogP contribution is 2.28. The molecular formula is C10H11F3N4. The molecule has 0 unspecified atom stereocenters. The second-order valence-corrected chi connectivity index (χ2v) is 3.63. The number of hydrogen-bond acceptors (Lipinski definition) is 3. The molecule has 92 valence electrons. The van der Waals surface area contributed by atoms with Gasteiger partial charge in [-0.3, -0.25) is 0 Å². The SMILES string of the molecule is NCCCc1cc2nccc(C(F)(F)F)n2n1. The average molecular weight is 244 g/mol. The van der Waals surface area contributed by atoms with Crippen molar-refractivity contribution in [2.45, 2.75) is 19.0 Å². The van der Waals surface area contributed by atoms with Crippen molar-refractivity contribution in [2.24, 2.45) is 5.73 Å². The number of aromatic nitrogens is 3. The summed E-state index contributed by atoms with van der Waals surface area (Å²) in [6.07, 6.45) is -2.06. The van der Waals surface area contributed by atoms with Crippen molar-refractivity contribution in [3.8, 4) is 0 Å². The lowest BCUT2D eigenvalue weighted by Crippen LogP contribution is -2.12. The molecule has 4 nitrogen and oxygen atoms in total. The fourth-order valence-corrected chi connectivity index (χ4v) is 1.56. The van der Waals surface area contributed by atoms with Crippen LogP contribution in [-0.4, -0.2) is 21.1 Å². The van der Waals surface area contributed by atoms with Crippen LogP contribution in [0.25, 0.3) is 5.65 Å². The van der Waals surface area contributed by atoms with Gasteiger partial charge in [-0.25, -0.2) is 9.50 Å². The molecule has 0 bridgehead atoms. The fourth-order valence-electron chi connectivity index (χ4n) is 1.56. The highest BCUT2D eigenvalue weighted by molar-refractivity contribution is 5.40. The van der Waals surface area contributed by atoms with Gasteiger partial charge in [-0.2, -0.15) is 18.3 Å². The van der Waals surface area contributed by atoms with E-state index in [0.717, 1.165) is 16.8 Å². The first-order valence-electron chi connectivity index (χ1n) is 5.13. The molecule has 0 radical (unpaired) electrons. The molecule has 0 spiro atoms. The summed E-state index contributed by atoms with van der Waals surface area (Å²) in [4.78, 5) is 3.85. The van der Waals surface area contributed by atoms with E-state index in [2.05, 4.69) is 10.1 Å². The van der Waals surface area contributed by atoms with E-state index in [4.69, 9.17) is 5.73 Å². The number of nitrogens with two attached hydrogens (primary N) is 1. The molecule has 7 heteroatoms. The van der Waals surface area contributed by atoms with Crippen LogP contribution in [-0.2, 0) is 12.6 Å². The van der Waals surface area contributed by atoms with E-state index in [9.17, 15) is 13.2 Å². The largest absolute Gasteiger partial charge is 0.433 e. The zero-order valence-electron chi connectivity index (χ0n) is 8.91. The minimum Gasteiger partial charge on any atom is -0.330 e. The van der Waals surface area contributed by atoms with Crippen LogP contribution in [0.2, 0.25) is 0 Å². The van der Waals surface area contributed by atoms with Gasteiger partial charge in [-0.05, 0) is 25.5 Å². The first kappa shape index (κ1) is 11.8. The van der Waals surface area contributed by atoms with Gasteiger partial charge >= 0.3 is 6.18 Å². The van der Waals surface area contributed by atoms with E-state index in [1.165, 1.54) is 0 Å². The summed E-state index contributed by atoms with van der Waals surface area (Å²) in [7, 11) is 0. The van der Waals surface area contributed by atoms with Crippen LogP contribution < -0.4 is 5.73 Å². The van der Waals surface area contributed by atoms with Gasteiger partial charge < -0.3 is 5.73 Å². The highest BCUT2D eigenvalue weighted by atomic mass is 19.4. The summed E-state index contributed by atoms with van der Waals surface area (Å²) >= 11 is 0. The molecule has 2 rings (SSSR count). The number of alkyl halides is 3. The number of fused-ring (bicyclic) bond motifs is 1. The maximum Gasteiger partial charge on any atom is 0.433 e. The Morgan fingerprint density at radius 2 is 2.12 bits per heavy atom. The predicted molar refractivity (Wildman–Crippen MR) is 55.4 cm³/mol. The Bertz CT molecular complexity index is 518. The van der Waals surface area contributed by atoms with Crippen molar-refractivity contribution < 1.29 is 13.2 Å². The van der Waals surface area contributed by atoms with Crippen molar-refractivity contribution in [1.82, 2.24) is 14.6 Å². The topological polar surface area (TPSA) is 56.2 Å². The van der Waals surface area contributed by atoms with E-state index < -0.39 is 11.9 Å². The normalized spacial score (nSPS) is 12.2. The molecule has 0 amide bonds. The minimum absolute atomic E-state index is 0.201. The average Bonchev–Trinajstić information content (AvgIpc) is 2.66. The Morgan fingerprint density at radius 3 is 2.76 bits per heavy atom. The van der Waals surface area contributed by atoms with Gasteiger partial charge in [-0.15, -0.1) is 0 Å². The Morgan fingerprint density at radius 1 is 1.35 bits per heavy atom. The summed E-state index contributed by atoms with van der Waals surface area (Å²) in [5.41, 5.74) is 5.29. The van der Waals surface area contributed by atoms with E-state index in [1.807, 2.05) is 0 Å². The second kappa shape index (κ2) is 4.33. The summed E-state index contributed by atoms with van der Waals surface area (Å²) in [6.45, 7) is 0.480. The van der Waals surface area contributed by atoms with Gasteiger partial charge in [0, 0.05) is 12.3 Å². The Balaban J connectivity index is 2.46. The number of nitrogens with zero attached hydrogens (tertiary/aromatic N) is 3. The van der Waals surface area contributed by atoms with Gasteiger partial charge in [-0.1, -0.05) is 0 Å². The molecule has 2 heterocycles. The molecule has 0 aliphatic heterocycles. The molecular weight excluding hydrogens is 233 g/mol. The van der Waals surface area contributed by atoms with Crippen molar-refractivity contribution in [3.05, 3.63) is 29.7 Å². The summed E-state index contributed by atoms with van der Waals surface area (Å²) < 4.78 is 38.8. The Hall–Kier alpha value is -1.63. The smallest absolute Gasteiger partial charge is 0.330 e. The van der Waals surface area contributed by atoms with Crippen molar-refractivity contribution in [1.29, 1.82) is 0 Å². The van der Waals surface area contributed by atoms with Crippen LogP contribution in [0, 0.1) is 0 Å². The molecule has 0 aliphatic rings. The first-order valence-corrected chi connectivity index (χ1v) is 5.13. The lowest BCUT2D eigenvalue weighted by atomic mass is 10.2. The van der Waals surface area contributed by atoms with Crippen molar-refractivity contribution >= 4 is 5.65 Å². The zero-order chi connectivity index (χ0) is 12.5. The van der Waals surface area contributed by atoms with Crippen molar-refractivity contribution in [3.63, 3.8) is 0 Å². The van der Waals surface area contributed by atoms with Gasteiger partial charge in [0.25, 0.3) is 0 Å². The molecule has 2 aromatic heterocycles. The lowest BCUT2D eigenvalue weighted by Gasteiger charge is -2.07. The molecule has 17 heavy (non-hydrogen) atoms. The highest BCUT2D eigenvalue weighted by Gasteiger charge is 2.34. The number of hydrogen-bond donors (Lipinski definition) is 1. The van der Waals surface area contributed by atoms with E-state index in [0.29, 0.717) is 25.1 Å². The van der Waals surface area contributed by atoms with Crippen LogP contribution in [0.3, 0.4) is 0 Å². The third kappa shape index (κ3) is 2.38. The Labute approximate surface area is 95.3 Å². The molecule has 0 aromatic carbocycles. The number of aryl methyl sites for hydroxylation is 1. The molecule has 2 aromatic rings. The molecule has 0 saturated heterocycles. The van der Waals surface area contributed by atoms with Crippen LogP contribution >= 0.6 is 0 Å². The first-order chi connectivity index (χ1) is 8.02. The van der Waals surface area contributed by atoms with Crippen LogP contribution in [0.15, 0.2) is 18.3 Å². The summed E-state index contributed by atoms with van der Waals surface area (Å²) in [6, 6.07) is 2.46. The predicted octanol–water partition coefficient (Wildman–Crippen LogP) is 1.64. The molecule has 0 saturated carbocycles. The monoisotopic (exact) mass is 244 g/mol. The van der Waals surface area contributed by atoms with E-state index in [-0.39, 0.29) is 5.65 Å². The maximum absolute atomic E-state index is 12.7. The molecule has 0 atom stereocenters. The third-order valence-corrected chi connectivity index (χ3v) is 2.34. The lowest BCUT2D eigenvalue weighted by molar-refractivity contribution is -0.142.